The third kappa shape index (κ3) is 6.39. The molecule has 6 rings (SSSR count). The van der Waals surface area contributed by atoms with Gasteiger partial charge >= 0.3 is 8.25 Å². The molecule has 1 unspecified atom stereocenters. The quantitative estimate of drug-likeness (QED) is 0.111. The van der Waals surface area contributed by atoms with Crippen molar-refractivity contribution in [1.29, 1.82) is 0 Å². The third-order valence-corrected chi connectivity index (χ3v) is 13.8. The molecular weight excluding hydrogens is 637 g/mol. The minimum absolute atomic E-state index is 0.149. The molecule has 14 heteroatoms. The van der Waals surface area contributed by atoms with Gasteiger partial charge in [0.2, 0.25) is 0 Å². The Morgan fingerprint density at radius 2 is 1.60 bits per heavy atom. The maximum absolute atomic E-state index is 12.8. The lowest BCUT2D eigenvalue weighted by molar-refractivity contribution is -0.183. The highest BCUT2D eigenvalue weighted by atomic mass is 31.1. The fourth-order valence-corrected chi connectivity index (χ4v) is 11.2. The van der Waals surface area contributed by atoms with Gasteiger partial charge in [0, 0.05) is 10.1 Å². The number of anilines is 1. The summed E-state index contributed by atoms with van der Waals surface area (Å²) in [6.07, 6.45) is 0.418. The van der Waals surface area contributed by atoms with Crippen LogP contribution in [0, 0.1) is 0 Å². The summed E-state index contributed by atoms with van der Waals surface area (Å²) in [5.74, 6) is -2.36. The Labute approximate surface area is 273 Å². The molecule has 0 aliphatic carbocycles. The molecule has 3 N–H and O–H groups in total. The second-order valence-corrected chi connectivity index (χ2v) is 17.3. The molecule has 3 aromatic carbocycles. The molecule has 1 amide bonds. The molecule has 5 aromatic rings. The van der Waals surface area contributed by atoms with Crippen LogP contribution in [-0.4, -0.2) is 62.2 Å². The average Bonchev–Trinajstić information content (AvgIpc) is 3.63. The number of carbonyl (C=O) groups is 1. The molecule has 1 fully saturated rings. The first kappa shape index (κ1) is 32.7. The normalized spacial score (nSPS) is 20.3. The lowest BCUT2D eigenvalue weighted by Crippen LogP contribution is -2.67. The molecule has 12 nitrogen and oxygen atoms in total. The number of hydrogen-bond donors (Lipinski definition) is 3. The summed E-state index contributed by atoms with van der Waals surface area (Å²) in [7, 11) is -6.27. The maximum atomic E-state index is 12.8. The van der Waals surface area contributed by atoms with Gasteiger partial charge in [0.15, 0.2) is 17.0 Å². The van der Waals surface area contributed by atoms with E-state index in [-0.39, 0.29) is 29.8 Å². The number of benzene rings is 3. The van der Waals surface area contributed by atoms with Crippen molar-refractivity contribution in [1.82, 2.24) is 19.5 Å². The van der Waals surface area contributed by atoms with Gasteiger partial charge in [-0.05, 0) is 27.5 Å². The fourth-order valence-electron chi connectivity index (χ4n) is 6.18. The van der Waals surface area contributed by atoms with Crippen molar-refractivity contribution < 1.29 is 33.0 Å². The summed E-state index contributed by atoms with van der Waals surface area (Å²) < 4.78 is 32.1. The summed E-state index contributed by atoms with van der Waals surface area (Å²) in [6, 6.07) is 28.6. The van der Waals surface area contributed by atoms with E-state index in [0.29, 0.717) is 16.7 Å². The Morgan fingerprint density at radius 1 is 1.00 bits per heavy atom. The lowest BCUT2D eigenvalue weighted by atomic mass is 10.1. The molecule has 3 heterocycles. The van der Waals surface area contributed by atoms with Crippen molar-refractivity contribution in [2.75, 3.05) is 11.9 Å². The number of hydrogen-bond acceptors (Lipinski definition) is 9. The molecule has 0 saturated carbocycles. The van der Waals surface area contributed by atoms with Crippen LogP contribution in [0.1, 0.15) is 43.8 Å². The number of ether oxygens (including phenoxy) is 1. The Morgan fingerprint density at radius 3 is 2.17 bits per heavy atom. The maximum Gasteiger partial charge on any atom is 0.697 e. The molecule has 1 aliphatic rings. The number of aromatic nitrogens is 4. The van der Waals surface area contributed by atoms with Gasteiger partial charge in [-0.15, -0.1) is 4.89 Å². The van der Waals surface area contributed by atoms with Crippen LogP contribution in [0.3, 0.4) is 0 Å². The van der Waals surface area contributed by atoms with E-state index in [4.69, 9.17) is 13.7 Å². The first-order valence-electron chi connectivity index (χ1n) is 15.0. The minimum atomic E-state index is -3.21. The molecule has 0 bridgehead atoms. The van der Waals surface area contributed by atoms with E-state index in [1.54, 1.807) is 28.8 Å². The van der Waals surface area contributed by atoms with E-state index in [9.17, 15) is 19.4 Å². The van der Waals surface area contributed by atoms with Gasteiger partial charge in [0.1, 0.15) is 18.7 Å². The van der Waals surface area contributed by atoms with Crippen molar-refractivity contribution in [2.24, 2.45) is 0 Å². The molecular formula is C33H35N5O7PSi+. The Bertz CT molecular complexity index is 1840. The van der Waals surface area contributed by atoms with E-state index in [1.807, 2.05) is 66.7 Å². The topological polar surface area (TPSA) is 158 Å². The summed E-state index contributed by atoms with van der Waals surface area (Å²) in [4.78, 5) is 35.6. The molecule has 1 aliphatic heterocycles. The van der Waals surface area contributed by atoms with Crippen LogP contribution in [0.4, 0.5) is 5.82 Å². The highest BCUT2D eigenvalue weighted by Gasteiger charge is 2.58. The number of rotatable bonds is 10. The van der Waals surface area contributed by atoms with Crippen LogP contribution in [0.15, 0.2) is 104 Å². The standard InChI is InChI=1S/C33H34N5O7PSi/c1-32(2,3)47(24-15-9-5-10-16-24,25-17-11-6-12-18-25)43-20-26-33(40,45-46(41)42)19-27(44-26)38-22-36-28-29(34-21-35-30(28)38)37-31(39)23-13-7-4-8-14-23/h4-18,21-22,26-27,40H,19-20H2,1-3H3,(H-,34,35,37,39,41,42)/p+1/t26-,27-,33+/m1/s1. The van der Waals surface area contributed by atoms with Crippen molar-refractivity contribution >= 4 is 49.8 Å². The van der Waals surface area contributed by atoms with Crippen LogP contribution in [-0.2, 0) is 18.3 Å². The molecule has 0 radical (unpaired) electrons. The van der Waals surface area contributed by atoms with Crippen LogP contribution in [0.5, 0.6) is 0 Å². The zero-order valence-electron chi connectivity index (χ0n) is 26.1. The second kappa shape index (κ2) is 13.1. The van der Waals surface area contributed by atoms with Gasteiger partial charge < -0.3 is 19.6 Å². The van der Waals surface area contributed by atoms with Crippen LogP contribution in [0.2, 0.25) is 5.04 Å². The van der Waals surface area contributed by atoms with Crippen molar-refractivity contribution in [3.8, 4) is 0 Å². The van der Waals surface area contributed by atoms with Crippen molar-refractivity contribution in [3.63, 3.8) is 0 Å². The predicted molar refractivity (Wildman–Crippen MR) is 178 cm³/mol. The number of amides is 1. The molecule has 2 aromatic heterocycles. The van der Waals surface area contributed by atoms with Crippen LogP contribution >= 0.6 is 8.25 Å². The van der Waals surface area contributed by atoms with Gasteiger partial charge in [-0.25, -0.2) is 15.0 Å². The number of carbonyl (C=O) groups excluding carboxylic acids is 1. The summed E-state index contributed by atoms with van der Waals surface area (Å²) >= 11 is 0. The number of imidazole rings is 1. The molecule has 47 heavy (non-hydrogen) atoms. The van der Waals surface area contributed by atoms with E-state index in [2.05, 4.69) is 41.0 Å². The first-order valence-corrected chi connectivity index (χ1v) is 18.1. The smallest absolute Gasteiger partial charge is 0.405 e. The number of aliphatic hydroxyl groups is 1. The van der Waals surface area contributed by atoms with Gasteiger partial charge in [0.25, 0.3) is 20.0 Å². The van der Waals surface area contributed by atoms with Crippen molar-refractivity contribution in [3.05, 3.63) is 109 Å². The van der Waals surface area contributed by atoms with E-state index < -0.39 is 34.7 Å². The van der Waals surface area contributed by atoms with Gasteiger partial charge in [-0.2, -0.15) is 0 Å². The molecule has 4 atom stereocenters. The van der Waals surface area contributed by atoms with Crippen LogP contribution < -0.4 is 15.7 Å². The number of nitrogens with zero attached hydrogens (tertiary/aromatic N) is 4. The number of nitrogens with one attached hydrogen (secondary N) is 1. The van der Waals surface area contributed by atoms with E-state index in [1.165, 1.54) is 12.7 Å². The van der Waals surface area contributed by atoms with E-state index >= 15 is 0 Å². The first-order chi connectivity index (χ1) is 22.5. The summed E-state index contributed by atoms with van der Waals surface area (Å²) in [5.41, 5.74) is 1.06. The summed E-state index contributed by atoms with van der Waals surface area (Å²) in [5, 5.41) is 16.2. The SMILES string of the molecule is CC(C)(C)[Si](OC[C@H]1O[C@@H](n2cnc3c(NC(=O)c4ccccc4)ncnc32)C[C@]1(O)O[P+](=O)O)(c1ccccc1)c1ccccc1. The predicted octanol–water partition coefficient (Wildman–Crippen LogP) is 4.30. The third-order valence-electron chi connectivity index (χ3n) is 8.33. The second-order valence-electron chi connectivity index (χ2n) is 12.3. The van der Waals surface area contributed by atoms with E-state index in [0.717, 1.165) is 10.4 Å². The molecule has 242 valence electrons. The average molecular weight is 673 g/mol. The highest BCUT2D eigenvalue weighted by Crippen LogP contribution is 2.44. The zero-order valence-corrected chi connectivity index (χ0v) is 28.0. The summed E-state index contributed by atoms with van der Waals surface area (Å²) in [6.45, 7) is 6.21. The molecule has 0 spiro atoms. The minimum Gasteiger partial charge on any atom is -0.405 e. The highest BCUT2D eigenvalue weighted by molar-refractivity contribution is 7.32. The fraction of sp³-hybridized carbons (Fsp3) is 0.273. The van der Waals surface area contributed by atoms with Crippen LogP contribution in [0.25, 0.3) is 11.2 Å². The largest absolute Gasteiger partial charge is 0.697 e. The van der Waals surface area contributed by atoms with Crippen molar-refractivity contribution in [2.45, 2.75) is 50.3 Å². The number of fused-ring (bicyclic) bond motifs is 1. The van der Waals surface area contributed by atoms with Gasteiger partial charge in [-0.3, -0.25) is 9.36 Å². The Balaban J connectivity index is 1.33. The zero-order chi connectivity index (χ0) is 33.2. The molecule has 1 saturated heterocycles. The monoisotopic (exact) mass is 672 g/mol. The lowest BCUT2D eigenvalue weighted by Gasteiger charge is -2.43. The Kier molecular flexibility index (Phi) is 9.14. The Hall–Kier alpha value is -4.20. The van der Waals surface area contributed by atoms with Gasteiger partial charge in [-0.1, -0.05) is 104 Å². The van der Waals surface area contributed by atoms with Gasteiger partial charge in [0.05, 0.1) is 19.4 Å².